The van der Waals surface area contributed by atoms with Gasteiger partial charge in [0.1, 0.15) is 0 Å². The zero-order valence-electron chi connectivity index (χ0n) is 11.3. The van der Waals surface area contributed by atoms with Gasteiger partial charge in [-0.25, -0.2) is 0 Å². The van der Waals surface area contributed by atoms with E-state index in [1.54, 1.807) is 0 Å². The molecule has 2 aromatic carbocycles. The first-order chi connectivity index (χ1) is 9.81. The summed E-state index contributed by atoms with van der Waals surface area (Å²) >= 11 is 0. The van der Waals surface area contributed by atoms with Gasteiger partial charge in [0, 0.05) is 12.3 Å². The van der Waals surface area contributed by atoms with Crippen LogP contribution in [0.4, 0.5) is 0 Å². The smallest absolute Gasteiger partial charge is 0.345 e. The first-order valence-corrected chi connectivity index (χ1v) is 7.18. The quantitative estimate of drug-likeness (QED) is 0.756. The molecule has 2 nitrogen and oxygen atoms in total. The van der Waals surface area contributed by atoms with Gasteiger partial charge in [-0.15, -0.1) is 0 Å². The van der Waals surface area contributed by atoms with Gasteiger partial charge in [-0.3, -0.25) is 4.79 Å². The molecule has 0 aliphatic carbocycles. The van der Waals surface area contributed by atoms with Gasteiger partial charge in [0.05, 0.1) is 0 Å². The minimum absolute atomic E-state index is 0.221. The average molecular weight is 281 g/mol. The van der Waals surface area contributed by atoms with Crippen LogP contribution in [0.1, 0.15) is 36.3 Å². The van der Waals surface area contributed by atoms with Gasteiger partial charge < -0.3 is 4.43 Å². The van der Waals surface area contributed by atoms with Gasteiger partial charge in [0.25, 0.3) is 5.97 Å². The summed E-state index contributed by atoms with van der Waals surface area (Å²) in [7, 11) is 2.77. The summed E-state index contributed by atoms with van der Waals surface area (Å²) in [6.45, 7) is 0. The molecule has 0 heterocycles. The second kappa shape index (κ2) is 7.65. The Labute approximate surface area is 123 Å². The molecule has 101 valence electrons. The summed E-state index contributed by atoms with van der Waals surface area (Å²) in [5.74, 6) is 0.0986. The molecule has 0 N–H and O–H groups in total. The predicted molar refractivity (Wildman–Crippen MR) is 80.4 cm³/mol. The molecule has 0 atom stereocenters. The maximum Gasteiger partial charge on any atom is 0.345 e. The van der Waals surface area contributed by atoms with E-state index in [4.69, 9.17) is 0 Å². The molecule has 0 saturated heterocycles. The molecule has 0 unspecified atom stereocenters. The third kappa shape index (κ3) is 4.07. The number of benzene rings is 2. The molecule has 3 heteroatoms. The normalized spacial score (nSPS) is 10.5. The fraction of sp³-hybridized carbons (Fsp3) is 0.235. The standard InChI is InChI=1S/C17H17O2Si/c18-17(19-20)13-7-12-16(14-8-3-1-4-9-14)15-10-5-2-6-11-15/h1-6,8-11,16H,7,12-13H2. The lowest BCUT2D eigenvalue weighted by Gasteiger charge is -2.17. The molecule has 0 aromatic heterocycles. The highest BCUT2D eigenvalue weighted by atomic mass is 28.2. The second-order valence-electron chi connectivity index (χ2n) is 4.74. The van der Waals surface area contributed by atoms with E-state index >= 15 is 0 Å². The van der Waals surface area contributed by atoms with Crippen molar-refractivity contribution >= 4 is 16.5 Å². The topological polar surface area (TPSA) is 26.3 Å². The van der Waals surface area contributed by atoms with Crippen molar-refractivity contribution in [1.82, 2.24) is 0 Å². The van der Waals surface area contributed by atoms with Crippen LogP contribution < -0.4 is 0 Å². The Morgan fingerprint density at radius 1 is 0.950 bits per heavy atom. The van der Waals surface area contributed by atoms with Crippen molar-refractivity contribution in [3.8, 4) is 0 Å². The summed E-state index contributed by atoms with van der Waals surface area (Å²) in [5.41, 5.74) is 2.57. The van der Waals surface area contributed by atoms with E-state index in [0.717, 1.165) is 12.8 Å². The minimum atomic E-state index is -0.221. The fourth-order valence-electron chi connectivity index (χ4n) is 2.40. The Balaban J connectivity index is 2.11. The van der Waals surface area contributed by atoms with Crippen LogP contribution in [-0.2, 0) is 9.22 Å². The molecule has 0 amide bonds. The van der Waals surface area contributed by atoms with Crippen LogP contribution in [0, 0.1) is 0 Å². The first-order valence-electron chi connectivity index (χ1n) is 6.77. The van der Waals surface area contributed by atoms with E-state index < -0.39 is 0 Å². The molecule has 0 saturated carbocycles. The third-order valence-electron chi connectivity index (χ3n) is 3.39. The van der Waals surface area contributed by atoms with Crippen molar-refractivity contribution < 1.29 is 9.22 Å². The SMILES string of the molecule is O=C(CCCC(c1ccccc1)c1ccccc1)O[Si]. The third-order valence-corrected chi connectivity index (χ3v) is 3.62. The molecule has 0 aliphatic rings. The van der Waals surface area contributed by atoms with E-state index in [9.17, 15) is 4.79 Å². The summed E-state index contributed by atoms with van der Waals surface area (Å²) in [4.78, 5) is 11.2. The van der Waals surface area contributed by atoms with Crippen molar-refractivity contribution in [3.63, 3.8) is 0 Å². The van der Waals surface area contributed by atoms with Crippen LogP contribution in [0.2, 0.25) is 0 Å². The predicted octanol–water partition coefficient (Wildman–Crippen LogP) is 3.62. The summed E-state index contributed by atoms with van der Waals surface area (Å²) in [5, 5.41) is 0. The second-order valence-corrected chi connectivity index (χ2v) is 4.94. The zero-order chi connectivity index (χ0) is 14.2. The monoisotopic (exact) mass is 281 g/mol. The molecule has 0 aliphatic heterocycles. The van der Waals surface area contributed by atoms with Crippen LogP contribution in [-0.4, -0.2) is 16.5 Å². The van der Waals surface area contributed by atoms with E-state index in [0.29, 0.717) is 12.3 Å². The van der Waals surface area contributed by atoms with Gasteiger partial charge >= 0.3 is 10.5 Å². The Morgan fingerprint density at radius 3 is 1.90 bits per heavy atom. The number of carbonyl (C=O) groups is 1. The van der Waals surface area contributed by atoms with Crippen LogP contribution >= 0.6 is 0 Å². The summed E-state index contributed by atoms with van der Waals surface area (Å²) in [6.07, 6.45) is 2.16. The number of carbonyl (C=O) groups excluding carboxylic acids is 1. The van der Waals surface area contributed by atoms with Crippen molar-refractivity contribution in [1.29, 1.82) is 0 Å². The molecule has 20 heavy (non-hydrogen) atoms. The van der Waals surface area contributed by atoms with Crippen LogP contribution in [0.25, 0.3) is 0 Å². The van der Waals surface area contributed by atoms with E-state index in [1.165, 1.54) is 11.1 Å². The van der Waals surface area contributed by atoms with Crippen LogP contribution in [0.15, 0.2) is 60.7 Å². The van der Waals surface area contributed by atoms with Crippen molar-refractivity contribution in [3.05, 3.63) is 71.8 Å². The average Bonchev–Trinajstić information content (AvgIpc) is 2.53. The molecule has 3 radical (unpaired) electrons. The molecule has 2 rings (SSSR count). The lowest BCUT2D eigenvalue weighted by Crippen LogP contribution is -2.05. The maximum absolute atomic E-state index is 11.2. The summed E-state index contributed by atoms with van der Waals surface area (Å²) in [6, 6.07) is 20.8. The first kappa shape index (κ1) is 14.5. The van der Waals surface area contributed by atoms with Crippen LogP contribution in [0.5, 0.6) is 0 Å². The molecule has 0 bridgehead atoms. The minimum Gasteiger partial charge on any atom is -0.516 e. The molecular weight excluding hydrogens is 264 g/mol. The largest absolute Gasteiger partial charge is 0.516 e. The van der Waals surface area contributed by atoms with Gasteiger partial charge in [0.15, 0.2) is 0 Å². The molecular formula is C17H17O2Si. The highest BCUT2D eigenvalue weighted by Gasteiger charge is 2.14. The van der Waals surface area contributed by atoms with Gasteiger partial charge in [-0.05, 0) is 24.0 Å². The van der Waals surface area contributed by atoms with Gasteiger partial charge in [-0.2, -0.15) is 0 Å². The highest BCUT2D eigenvalue weighted by Crippen LogP contribution is 2.29. The molecule has 2 aromatic rings. The zero-order valence-corrected chi connectivity index (χ0v) is 12.3. The highest BCUT2D eigenvalue weighted by molar-refractivity contribution is 6.05. The van der Waals surface area contributed by atoms with Gasteiger partial charge in [-0.1, -0.05) is 60.7 Å². The lowest BCUT2D eigenvalue weighted by atomic mass is 9.87. The Kier molecular flexibility index (Phi) is 5.56. The van der Waals surface area contributed by atoms with Crippen molar-refractivity contribution in [2.24, 2.45) is 0 Å². The Hall–Kier alpha value is -1.87. The van der Waals surface area contributed by atoms with Crippen molar-refractivity contribution in [2.75, 3.05) is 0 Å². The Bertz CT molecular complexity index is 486. The Morgan fingerprint density at radius 2 is 1.45 bits per heavy atom. The summed E-state index contributed by atoms with van der Waals surface area (Å²) < 4.78 is 4.51. The number of hydrogen-bond donors (Lipinski definition) is 0. The van der Waals surface area contributed by atoms with E-state index in [2.05, 4.69) is 63.4 Å². The van der Waals surface area contributed by atoms with Gasteiger partial charge in [0.2, 0.25) is 0 Å². The van der Waals surface area contributed by atoms with E-state index in [1.807, 2.05) is 12.1 Å². The molecule has 0 spiro atoms. The van der Waals surface area contributed by atoms with E-state index in [-0.39, 0.29) is 5.97 Å². The van der Waals surface area contributed by atoms with Crippen LogP contribution in [0.3, 0.4) is 0 Å². The maximum atomic E-state index is 11.2. The molecule has 0 fully saturated rings. The van der Waals surface area contributed by atoms with Crippen molar-refractivity contribution in [2.45, 2.75) is 25.2 Å². The fourth-order valence-corrected chi connectivity index (χ4v) is 2.50. The lowest BCUT2D eigenvalue weighted by molar-refractivity contribution is -0.134. The number of rotatable bonds is 6. The number of hydrogen-bond acceptors (Lipinski definition) is 2.